The summed E-state index contributed by atoms with van der Waals surface area (Å²) in [5.41, 5.74) is 1.83. The largest absolute Gasteiger partial charge is 0.380 e. The van der Waals surface area contributed by atoms with Crippen LogP contribution in [-0.2, 0) is 20.9 Å². The average Bonchev–Trinajstić information content (AvgIpc) is 2.83. The molecule has 4 nitrogen and oxygen atoms in total. The minimum atomic E-state index is -0.291. The van der Waals surface area contributed by atoms with E-state index in [1.54, 1.807) is 7.11 Å². The van der Waals surface area contributed by atoms with E-state index in [1.165, 1.54) is 0 Å². The van der Waals surface area contributed by atoms with E-state index in [0.717, 1.165) is 24.1 Å². The Morgan fingerprint density at radius 3 is 3.18 bits per heavy atom. The lowest BCUT2D eigenvalue weighted by Crippen LogP contribution is -2.26. The summed E-state index contributed by atoms with van der Waals surface area (Å²) < 4.78 is 10.4. The van der Waals surface area contributed by atoms with Crippen molar-refractivity contribution in [3.05, 3.63) is 29.8 Å². The SMILES string of the molecule is COCc1cccc(NC(=O)C2CCCO2)c1. The van der Waals surface area contributed by atoms with E-state index < -0.39 is 0 Å². The number of anilines is 1. The number of hydrogen-bond donors (Lipinski definition) is 1. The molecule has 4 heteroatoms. The Morgan fingerprint density at radius 2 is 2.47 bits per heavy atom. The molecule has 0 bridgehead atoms. The molecule has 1 saturated heterocycles. The van der Waals surface area contributed by atoms with E-state index in [1.807, 2.05) is 24.3 Å². The van der Waals surface area contributed by atoms with Gasteiger partial charge in [0.15, 0.2) is 0 Å². The third-order valence-electron chi connectivity index (χ3n) is 2.73. The molecular weight excluding hydrogens is 218 g/mol. The Balaban J connectivity index is 1.97. The van der Waals surface area contributed by atoms with E-state index in [9.17, 15) is 4.79 Å². The molecule has 17 heavy (non-hydrogen) atoms. The molecule has 1 heterocycles. The Bertz CT molecular complexity index is 386. The standard InChI is InChI=1S/C13H17NO3/c1-16-9-10-4-2-5-11(8-10)14-13(15)12-6-3-7-17-12/h2,4-5,8,12H,3,6-7,9H2,1H3,(H,14,15). The Labute approximate surface area is 101 Å². The van der Waals surface area contributed by atoms with Gasteiger partial charge in [-0.3, -0.25) is 4.79 Å². The smallest absolute Gasteiger partial charge is 0.253 e. The molecule has 92 valence electrons. The van der Waals surface area contributed by atoms with Gasteiger partial charge in [-0.1, -0.05) is 12.1 Å². The molecule has 1 N–H and O–H groups in total. The fourth-order valence-electron chi connectivity index (χ4n) is 1.91. The van der Waals surface area contributed by atoms with E-state index >= 15 is 0 Å². The van der Waals surface area contributed by atoms with Gasteiger partial charge in [-0.25, -0.2) is 0 Å². The van der Waals surface area contributed by atoms with Crippen molar-refractivity contribution in [2.24, 2.45) is 0 Å². The summed E-state index contributed by atoms with van der Waals surface area (Å²) >= 11 is 0. The maximum Gasteiger partial charge on any atom is 0.253 e. The highest BCUT2D eigenvalue weighted by atomic mass is 16.5. The molecular formula is C13H17NO3. The van der Waals surface area contributed by atoms with Gasteiger partial charge in [0.1, 0.15) is 6.10 Å². The molecule has 1 aromatic carbocycles. The number of methoxy groups -OCH3 is 1. The average molecular weight is 235 g/mol. The Morgan fingerprint density at radius 1 is 1.59 bits per heavy atom. The van der Waals surface area contributed by atoms with Gasteiger partial charge in [0.05, 0.1) is 6.61 Å². The van der Waals surface area contributed by atoms with Gasteiger partial charge in [0.25, 0.3) is 5.91 Å². The molecule has 1 aliphatic heterocycles. The minimum Gasteiger partial charge on any atom is -0.380 e. The summed E-state index contributed by atoms with van der Waals surface area (Å²) in [7, 11) is 1.65. The van der Waals surface area contributed by atoms with Crippen LogP contribution < -0.4 is 5.32 Å². The zero-order chi connectivity index (χ0) is 12.1. The lowest BCUT2D eigenvalue weighted by Gasteiger charge is -2.11. The molecule has 0 radical (unpaired) electrons. The van der Waals surface area contributed by atoms with Crippen molar-refractivity contribution < 1.29 is 14.3 Å². The third-order valence-corrected chi connectivity index (χ3v) is 2.73. The van der Waals surface area contributed by atoms with Crippen LogP contribution >= 0.6 is 0 Å². The van der Waals surface area contributed by atoms with Crippen LogP contribution in [0.15, 0.2) is 24.3 Å². The van der Waals surface area contributed by atoms with Crippen molar-refractivity contribution in [2.45, 2.75) is 25.6 Å². The van der Waals surface area contributed by atoms with Gasteiger partial charge in [0.2, 0.25) is 0 Å². The van der Waals surface area contributed by atoms with Gasteiger partial charge in [-0.05, 0) is 30.5 Å². The van der Waals surface area contributed by atoms with Crippen LogP contribution in [0.2, 0.25) is 0 Å². The molecule has 0 spiro atoms. The van der Waals surface area contributed by atoms with Crippen LogP contribution in [-0.4, -0.2) is 25.7 Å². The lowest BCUT2D eigenvalue weighted by atomic mass is 10.2. The van der Waals surface area contributed by atoms with Crippen LogP contribution in [0.1, 0.15) is 18.4 Å². The van der Waals surface area contributed by atoms with Crippen LogP contribution in [0.3, 0.4) is 0 Å². The highest BCUT2D eigenvalue weighted by Gasteiger charge is 2.23. The second-order valence-corrected chi connectivity index (χ2v) is 4.12. The van der Waals surface area contributed by atoms with E-state index in [4.69, 9.17) is 9.47 Å². The van der Waals surface area contributed by atoms with E-state index in [-0.39, 0.29) is 12.0 Å². The first-order chi connectivity index (χ1) is 8.29. The minimum absolute atomic E-state index is 0.0583. The Hall–Kier alpha value is -1.39. The fourth-order valence-corrected chi connectivity index (χ4v) is 1.91. The second kappa shape index (κ2) is 5.80. The summed E-state index contributed by atoms with van der Waals surface area (Å²) in [5.74, 6) is -0.0583. The van der Waals surface area contributed by atoms with E-state index in [0.29, 0.717) is 13.2 Å². The quantitative estimate of drug-likeness (QED) is 0.867. The number of carbonyl (C=O) groups excluding carboxylic acids is 1. The molecule has 0 aromatic heterocycles. The number of hydrogen-bond acceptors (Lipinski definition) is 3. The number of benzene rings is 1. The summed E-state index contributed by atoms with van der Waals surface area (Å²) in [5, 5.41) is 2.86. The molecule has 1 fully saturated rings. The number of nitrogens with one attached hydrogen (secondary N) is 1. The molecule has 1 aliphatic rings. The number of amides is 1. The van der Waals surface area contributed by atoms with Crippen molar-refractivity contribution in [1.29, 1.82) is 0 Å². The van der Waals surface area contributed by atoms with Gasteiger partial charge >= 0.3 is 0 Å². The fraction of sp³-hybridized carbons (Fsp3) is 0.462. The molecule has 1 unspecified atom stereocenters. The van der Waals surface area contributed by atoms with Crippen LogP contribution in [0, 0.1) is 0 Å². The summed E-state index contributed by atoms with van der Waals surface area (Å²) in [6.45, 7) is 1.23. The molecule has 1 aromatic rings. The third kappa shape index (κ3) is 3.28. The normalized spacial score (nSPS) is 19.2. The monoisotopic (exact) mass is 235 g/mol. The van der Waals surface area contributed by atoms with Crippen LogP contribution in [0.25, 0.3) is 0 Å². The van der Waals surface area contributed by atoms with Crippen molar-refractivity contribution >= 4 is 11.6 Å². The highest BCUT2D eigenvalue weighted by molar-refractivity contribution is 5.94. The summed E-state index contributed by atoms with van der Waals surface area (Å²) in [6, 6.07) is 7.65. The summed E-state index contributed by atoms with van der Waals surface area (Å²) in [6.07, 6.45) is 1.48. The van der Waals surface area contributed by atoms with Gasteiger partial charge in [-0.15, -0.1) is 0 Å². The second-order valence-electron chi connectivity index (χ2n) is 4.12. The predicted molar refractivity (Wildman–Crippen MR) is 64.8 cm³/mol. The lowest BCUT2D eigenvalue weighted by molar-refractivity contribution is -0.124. The Kier molecular flexibility index (Phi) is 4.12. The maximum absolute atomic E-state index is 11.8. The molecule has 0 saturated carbocycles. The molecule has 1 atom stereocenters. The van der Waals surface area contributed by atoms with Gasteiger partial charge < -0.3 is 14.8 Å². The van der Waals surface area contributed by atoms with Crippen LogP contribution in [0.4, 0.5) is 5.69 Å². The zero-order valence-corrected chi connectivity index (χ0v) is 9.94. The number of rotatable bonds is 4. The first-order valence-electron chi connectivity index (χ1n) is 5.80. The first kappa shape index (κ1) is 12.1. The van der Waals surface area contributed by atoms with Crippen LogP contribution in [0.5, 0.6) is 0 Å². The predicted octanol–water partition coefficient (Wildman–Crippen LogP) is 1.95. The van der Waals surface area contributed by atoms with Gasteiger partial charge in [0, 0.05) is 19.4 Å². The van der Waals surface area contributed by atoms with Crippen molar-refractivity contribution in [1.82, 2.24) is 0 Å². The first-order valence-corrected chi connectivity index (χ1v) is 5.80. The topological polar surface area (TPSA) is 47.6 Å². The van der Waals surface area contributed by atoms with E-state index in [2.05, 4.69) is 5.32 Å². The van der Waals surface area contributed by atoms with Crippen molar-refractivity contribution in [2.75, 3.05) is 19.0 Å². The molecule has 2 rings (SSSR count). The highest BCUT2D eigenvalue weighted by Crippen LogP contribution is 2.16. The molecule has 0 aliphatic carbocycles. The molecule has 1 amide bonds. The van der Waals surface area contributed by atoms with Crippen molar-refractivity contribution in [3.8, 4) is 0 Å². The van der Waals surface area contributed by atoms with Gasteiger partial charge in [-0.2, -0.15) is 0 Å². The number of ether oxygens (including phenoxy) is 2. The summed E-state index contributed by atoms with van der Waals surface area (Å²) in [4.78, 5) is 11.8. The maximum atomic E-state index is 11.8. The number of carbonyl (C=O) groups is 1. The van der Waals surface area contributed by atoms with Crippen molar-refractivity contribution in [3.63, 3.8) is 0 Å². The zero-order valence-electron chi connectivity index (χ0n) is 9.94.